The van der Waals surface area contributed by atoms with Gasteiger partial charge in [-0.05, 0) is 34.9 Å². The number of azide groups is 1. The van der Waals surface area contributed by atoms with Crippen LogP contribution >= 0.6 is 0 Å². The summed E-state index contributed by atoms with van der Waals surface area (Å²) in [6.07, 6.45) is 0. The number of hydrogen-bond donors (Lipinski definition) is 1. The number of benzene rings is 2. The fourth-order valence-electron chi connectivity index (χ4n) is 1.90. The Hall–Kier alpha value is -3.31. The summed E-state index contributed by atoms with van der Waals surface area (Å²) in [5.74, 6) is -1.64. The van der Waals surface area contributed by atoms with Crippen molar-refractivity contribution in [1.29, 1.82) is 0 Å². The van der Waals surface area contributed by atoms with E-state index in [1.165, 1.54) is 12.1 Å². The Balaban J connectivity index is 2.33. The molecule has 0 atom stereocenters. The van der Waals surface area contributed by atoms with E-state index in [-0.39, 0.29) is 12.3 Å². The third-order valence-electron chi connectivity index (χ3n) is 2.91. The summed E-state index contributed by atoms with van der Waals surface area (Å²) in [6, 6.07) is 12.9. The highest BCUT2D eigenvalue weighted by Crippen LogP contribution is 2.24. The van der Waals surface area contributed by atoms with Crippen molar-refractivity contribution in [1.82, 2.24) is 0 Å². The summed E-state index contributed by atoms with van der Waals surface area (Å²) < 4.78 is 4.84. The molecule has 0 fully saturated rings. The van der Waals surface area contributed by atoms with Gasteiger partial charge in [-0.15, -0.1) is 0 Å². The molecule has 0 spiro atoms. The first-order chi connectivity index (χ1) is 10.6. The van der Waals surface area contributed by atoms with Crippen molar-refractivity contribution in [2.24, 2.45) is 5.11 Å². The Morgan fingerprint density at radius 2 is 1.82 bits per heavy atom. The van der Waals surface area contributed by atoms with E-state index in [0.717, 1.165) is 0 Å². The minimum absolute atomic E-state index is 0.159. The van der Waals surface area contributed by atoms with Crippen LogP contribution < -0.4 is 0 Å². The fourth-order valence-corrected chi connectivity index (χ4v) is 1.90. The summed E-state index contributed by atoms with van der Waals surface area (Å²) in [6.45, 7) is -0.387. The van der Waals surface area contributed by atoms with Gasteiger partial charge in [-0.2, -0.15) is 0 Å². The minimum Gasteiger partial charge on any atom is -0.478 e. The Morgan fingerprint density at radius 3 is 2.45 bits per heavy atom. The van der Waals surface area contributed by atoms with Crippen LogP contribution in [0.1, 0.15) is 20.7 Å². The van der Waals surface area contributed by atoms with E-state index in [2.05, 4.69) is 10.0 Å². The predicted octanol–water partition coefficient (Wildman–Crippen LogP) is 3.48. The smallest absolute Gasteiger partial charge is 0.338 e. The van der Waals surface area contributed by atoms with Gasteiger partial charge in [-0.25, -0.2) is 9.59 Å². The van der Waals surface area contributed by atoms with Crippen LogP contribution in [-0.4, -0.2) is 23.8 Å². The Kier molecular flexibility index (Phi) is 4.74. The topological polar surface area (TPSA) is 112 Å². The number of carboxylic acid groups (broad SMARTS) is 1. The second-order valence-electron chi connectivity index (χ2n) is 4.22. The molecule has 0 heterocycles. The number of rotatable bonds is 5. The molecule has 0 aliphatic heterocycles. The highest BCUT2D eigenvalue weighted by Gasteiger charge is 2.13. The summed E-state index contributed by atoms with van der Waals surface area (Å²) in [5, 5.41) is 12.0. The largest absolute Gasteiger partial charge is 0.478 e. The summed E-state index contributed by atoms with van der Waals surface area (Å²) in [5.41, 5.74) is 9.92. The standard InChI is InChI=1S/C15H11N3O4/c16-18-17-9-22-15(21)13-4-2-1-3-12(13)10-5-7-11(8-6-10)14(19)20/h1-8H,9H2,(H,19,20). The van der Waals surface area contributed by atoms with E-state index >= 15 is 0 Å². The van der Waals surface area contributed by atoms with Crippen molar-refractivity contribution in [2.75, 3.05) is 6.73 Å². The molecule has 0 aliphatic carbocycles. The predicted molar refractivity (Wildman–Crippen MR) is 78.3 cm³/mol. The molecule has 2 aromatic rings. The van der Waals surface area contributed by atoms with Crippen LogP contribution in [-0.2, 0) is 4.74 Å². The molecule has 0 saturated carbocycles. The number of esters is 1. The third kappa shape index (κ3) is 3.41. The molecular weight excluding hydrogens is 286 g/mol. The van der Waals surface area contributed by atoms with Crippen molar-refractivity contribution in [3.63, 3.8) is 0 Å². The number of ether oxygens (including phenoxy) is 1. The van der Waals surface area contributed by atoms with E-state index in [4.69, 9.17) is 15.4 Å². The summed E-state index contributed by atoms with van der Waals surface area (Å²) in [4.78, 5) is 25.3. The van der Waals surface area contributed by atoms with Crippen LogP contribution in [0.25, 0.3) is 21.6 Å². The van der Waals surface area contributed by atoms with E-state index in [1.807, 2.05) is 0 Å². The second kappa shape index (κ2) is 6.92. The van der Waals surface area contributed by atoms with Crippen molar-refractivity contribution in [3.8, 4) is 11.1 Å². The van der Waals surface area contributed by atoms with Crippen LogP contribution in [0.2, 0.25) is 0 Å². The van der Waals surface area contributed by atoms with Gasteiger partial charge in [-0.3, -0.25) is 0 Å². The first-order valence-electron chi connectivity index (χ1n) is 6.24. The van der Waals surface area contributed by atoms with Crippen LogP contribution in [0.15, 0.2) is 53.6 Å². The van der Waals surface area contributed by atoms with Crippen molar-refractivity contribution in [3.05, 3.63) is 70.1 Å². The maximum absolute atomic E-state index is 12.0. The zero-order valence-electron chi connectivity index (χ0n) is 11.3. The molecule has 0 bridgehead atoms. The molecule has 0 aromatic heterocycles. The van der Waals surface area contributed by atoms with Gasteiger partial charge in [-0.1, -0.05) is 35.4 Å². The van der Waals surface area contributed by atoms with Crippen molar-refractivity contribution in [2.45, 2.75) is 0 Å². The maximum Gasteiger partial charge on any atom is 0.338 e. The number of carbonyl (C=O) groups excluding carboxylic acids is 1. The van der Waals surface area contributed by atoms with Gasteiger partial charge < -0.3 is 9.84 Å². The van der Waals surface area contributed by atoms with E-state index in [9.17, 15) is 9.59 Å². The van der Waals surface area contributed by atoms with Crippen molar-refractivity contribution < 1.29 is 19.4 Å². The lowest BCUT2D eigenvalue weighted by atomic mass is 9.99. The number of carbonyl (C=O) groups is 2. The van der Waals surface area contributed by atoms with E-state index in [0.29, 0.717) is 16.7 Å². The van der Waals surface area contributed by atoms with Gasteiger partial charge in [0.15, 0.2) is 6.73 Å². The average molecular weight is 297 g/mol. The van der Waals surface area contributed by atoms with Crippen LogP contribution in [0, 0.1) is 0 Å². The molecule has 0 saturated heterocycles. The lowest BCUT2D eigenvalue weighted by Crippen LogP contribution is -2.06. The monoisotopic (exact) mass is 297 g/mol. The molecule has 7 nitrogen and oxygen atoms in total. The van der Waals surface area contributed by atoms with Crippen LogP contribution in [0.5, 0.6) is 0 Å². The second-order valence-corrected chi connectivity index (χ2v) is 4.22. The lowest BCUT2D eigenvalue weighted by molar-refractivity contribution is 0.0516. The molecule has 1 N–H and O–H groups in total. The number of nitrogens with zero attached hydrogens (tertiary/aromatic N) is 3. The fraction of sp³-hybridized carbons (Fsp3) is 0.0667. The molecule has 110 valence electrons. The van der Waals surface area contributed by atoms with E-state index < -0.39 is 11.9 Å². The minimum atomic E-state index is -1.02. The van der Waals surface area contributed by atoms with Gasteiger partial charge >= 0.3 is 11.9 Å². The molecule has 7 heteroatoms. The summed E-state index contributed by atoms with van der Waals surface area (Å²) in [7, 11) is 0. The molecule has 22 heavy (non-hydrogen) atoms. The van der Waals surface area contributed by atoms with Crippen LogP contribution in [0.4, 0.5) is 0 Å². The molecule has 0 amide bonds. The Bertz CT molecular complexity index is 750. The maximum atomic E-state index is 12.0. The molecule has 0 unspecified atom stereocenters. The van der Waals surface area contributed by atoms with Gasteiger partial charge in [0.05, 0.1) is 11.1 Å². The molecule has 0 radical (unpaired) electrons. The number of carboxylic acids is 1. The lowest BCUT2D eigenvalue weighted by Gasteiger charge is -2.09. The van der Waals surface area contributed by atoms with Gasteiger partial charge in [0.25, 0.3) is 0 Å². The third-order valence-corrected chi connectivity index (χ3v) is 2.91. The zero-order chi connectivity index (χ0) is 15.9. The molecular formula is C15H11N3O4. The molecule has 0 aliphatic rings. The van der Waals surface area contributed by atoms with Crippen molar-refractivity contribution >= 4 is 11.9 Å². The average Bonchev–Trinajstić information content (AvgIpc) is 2.55. The number of hydrogen-bond acceptors (Lipinski definition) is 4. The zero-order valence-corrected chi connectivity index (χ0v) is 11.3. The van der Waals surface area contributed by atoms with Gasteiger partial charge in [0.2, 0.25) is 0 Å². The SMILES string of the molecule is [N-]=[N+]=NCOC(=O)c1ccccc1-c1ccc(C(=O)O)cc1. The summed E-state index contributed by atoms with van der Waals surface area (Å²) >= 11 is 0. The quantitative estimate of drug-likeness (QED) is 0.394. The van der Waals surface area contributed by atoms with E-state index in [1.54, 1.807) is 36.4 Å². The van der Waals surface area contributed by atoms with Crippen LogP contribution in [0.3, 0.4) is 0 Å². The normalized spacial score (nSPS) is 9.64. The number of aromatic carboxylic acids is 1. The molecule has 2 aromatic carbocycles. The first-order valence-corrected chi connectivity index (χ1v) is 6.24. The highest BCUT2D eigenvalue weighted by atomic mass is 16.5. The Labute approximate surface area is 125 Å². The first kappa shape index (κ1) is 15.1. The van der Waals surface area contributed by atoms with Gasteiger partial charge in [0, 0.05) is 4.91 Å². The van der Waals surface area contributed by atoms with Gasteiger partial charge in [0.1, 0.15) is 0 Å². The molecule has 2 rings (SSSR count). The highest BCUT2D eigenvalue weighted by molar-refractivity contribution is 5.97. The Morgan fingerprint density at radius 1 is 1.14 bits per heavy atom.